The minimum Gasteiger partial charge on any atom is -0.506 e. The average molecular weight is 396 g/mol. The standard InChI is InChI=1S/C10H8Br2N2O3S/c1-18(16,17)14-3-2-13-10(14)6-4-7(11)9(15)8(12)5-6/h2-5,15H,1H3. The summed E-state index contributed by atoms with van der Waals surface area (Å²) < 4.78 is 25.1. The highest BCUT2D eigenvalue weighted by Crippen LogP contribution is 2.36. The summed E-state index contributed by atoms with van der Waals surface area (Å²) in [6.07, 6.45) is 3.88. The van der Waals surface area contributed by atoms with Gasteiger partial charge in [-0.15, -0.1) is 0 Å². The van der Waals surface area contributed by atoms with Gasteiger partial charge in [0.1, 0.15) is 5.75 Å². The van der Waals surface area contributed by atoms with Crippen LogP contribution in [-0.4, -0.2) is 28.7 Å². The van der Waals surface area contributed by atoms with Crippen molar-refractivity contribution < 1.29 is 13.5 Å². The van der Waals surface area contributed by atoms with E-state index in [1.54, 1.807) is 12.1 Å². The van der Waals surface area contributed by atoms with Gasteiger partial charge >= 0.3 is 0 Å². The number of imidazole rings is 1. The second-order valence-electron chi connectivity index (χ2n) is 3.60. The van der Waals surface area contributed by atoms with Crippen molar-refractivity contribution in [2.24, 2.45) is 0 Å². The summed E-state index contributed by atoms with van der Waals surface area (Å²) >= 11 is 6.38. The van der Waals surface area contributed by atoms with Gasteiger partial charge < -0.3 is 5.11 Å². The maximum Gasteiger partial charge on any atom is 0.237 e. The number of hydrogen-bond acceptors (Lipinski definition) is 4. The molecule has 0 spiro atoms. The monoisotopic (exact) mass is 394 g/mol. The molecule has 0 saturated heterocycles. The van der Waals surface area contributed by atoms with E-state index in [1.165, 1.54) is 12.4 Å². The van der Waals surface area contributed by atoms with Crippen LogP contribution in [0.25, 0.3) is 11.4 Å². The van der Waals surface area contributed by atoms with Crippen molar-refractivity contribution in [2.45, 2.75) is 0 Å². The van der Waals surface area contributed by atoms with Crippen LogP contribution in [0.15, 0.2) is 33.5 Å². The second-order valence-corrected chi connectivity index (χ2v) is 7.17. The molecular weight excluding hydrogens is 388 g/mol. The molecule has 0 radical (unpaired) electrons. The lowest BCUT2D eigenvalue weighted by Crippen LogP contribution is -2.10. The zero-order valence-corrected chi connectivity index (χ0v) is 13.1. The molecule has 18 heavy (non-hydrogen) atoms. The van der Waals surface area contributed by atoms with Crippen LogP contribution in [-0.2, 0) is 10.0 Å². The summed E-state index contributed by atoms with van der Waals surface area (Å²) in [4.78, 5) is 4.03. The van der Waals surface area contributed by atoms with Crippen LogP contribution in [0.5, 0.6) is 5.75 Å². The molecule has 1 heterocycles. The highest BCUT2D eigenvalue weighted by Gasteiger charge is 2.16. The highest BCUT2D eigenvalue weighted by atomic mass is 79.9. The van der Waals surface area contributed by atoms with E-state index in [4.69, 9.17) is 0 Å². The number of aromatic hydroxyl groups is 1. The van der Waals surface area contributed by atoms with Crippen molar-refractivity contribution in [3.63, 3.8) is 0 Å². The predicted molar refractivity (Wildman–Crippen MR) is 75.0 cm³/mol. The molecule has 5 nitrogen and oxygen atoms in total. The lowest BCUT2D eigenvalue weighted by Gasteiger charge is -2.07. The smallest absolute Gasteiger partial charge is 0.237 e. The predicted octanol–water partition coefficient (Wildman–Crippen LogP) is 2.59. The van der Waals surface area contributed by atoms with E-state index in [9.17, 15) is 13.5 Å². The first-order valence-electron chi connectivity index (χ1n) is 4.73. The van der Waals surface area contributed by atoms with Crippen LogP contribution in [0, 0.1) is 0 Å². The topological polar surface area (TPSA) is 72.2 Å². The number of phenolic OH excluding ortho intramolecular Hbond substituents is 1. The first kappa shape index (κ1) is 13.6. The average Bonchev–Trinajstić information content (AvgIpc) is 2.73. The molecule has 2 aromatic rings. The van der Waals surface area contributed by atoms with Crippen molar-refractivity contribution in [2.75, 3.05) is 6.26 Å². The third kappa shape index (κ3) is 2.45. The van der Waals surface area contributed by atoms with E-state index >= 15 is 0 Å². The molecule has 0 aliphatic carbocycles. The lowest BCUT2D eigenvalue weighted by molar-refractivity contribution is 0.468. The number of rotatable bonds is 2. The molecule has 2 rings (SSSR count). The maximum atomic E-state index is 11.6. The van der Waals surface area contributed by atoms with Crippen molar-refractivity contribution in [1.29, 1.82) is 0 Å². The summed E-state index contributed by atoms with van der Waals surface area (Å²) in [5.41, 5.74) is 0.571. The van der Waals surface area contributed by atoms with Gasteiger partial charge in [0.25, 0.3) is 0 Å². The molecule has 1 N–H and O–H groups in total. The highest BCUT2D eigenvalue weighted by molar-refractivity contribution is 9.11. The summed E-state index contributed by atoms with van der Waals surface area (Å²) in [6, 6.07) is 3.20. The first-order valence-corrected chi connectivity index (χ1v) is 8.16. The Balaban J connectivity index is 2.68. The fourth-order valence-electron chi connectivity index (χ4n) is 1.46. The fraction of sp³-hybridized carbons (Fsp3) is 0.100. The Labute approximate surface area is 121 Å². The van der Waals surface area contributed by atoms with Gasteiger partial charge in [0.15, 0.2) is 5.82 Å². The molecule has 8 heteroatoms. The summed E-state index contributed by atoms with van der Waals surface area (Å²) in [5.74, 6) is 0.343. The van der Waals surface area contributed by atoms with Crippen molar-refractivity contribution >= 4 is 41.9 Å². The van der Waals surface area contributed by atoms with Crippen LogP contribution in [0.3, 0.4) is 0 Å². The van der Waals surface area contributed by atoms with Gasteiger partial charge in [-0.2, -0.15) is 0 Å². The normalized spacial score (nSPS) is 11.7. The number of halogens is 2. The van der Waals surface area contributed by atoms with Crippen molar-refractivity contribution in [3.8, 4) is 17.1 Å². The SMILES string of the molecule is CS(=O)(=O)n1ccnc1-c1cc(Br)c(O)c(Br)c1. The van der Waals surface area contributed by atoms with E-state index in [2.05, 4.69) is 36.8 Å². The number of nitrogens with zero attached hydrogens (tertiary/aromatic N) is 2. The van der Waals surface area contributed by atoms with E-state index < -0.39 is 10.0 Å². The van der Waals surface area contributed by atoms with Crippen molar-refractivity contribution in [3.05, 3.63) is 33.5 Å². The Hall–Kier alpha value is -0.860. The van der Waals surface area contributed by atoms with Crippen LogP contribution < -0.4 is 0 Å². The van der Waals surface area contributed by atoms with E-state index in [0.717, 1.165) is 10.2 Å². The van der Waals surface area contributed by atoms with Crippen LogP contribution >= 0.6 is 31.9 Å². The molecule has 0 saturated carbocycles. The van der Waals surface area contributed by atoms with Gasteiger partial charge in [-0.3, -0.25) is 0 Å². The molecule has 0 amide bonds. The molecule has 1 aromatic heterocycles. The Bertz CT molecular complexity index is 687. The summed E-state index contributed by atoms with van der Waals surface area (Å²) in [5, 5.41) is 9.62. The summed E-state index contributed by atoms with van der Waals surface area (Å²) in [6.45, 7) is 0. The molecule has 1 aromatic carbocycles. The Morgan fingerprint density at radius 1 is 1.28 bits per heavy atom. The third-order valence-electron chi connectivity index (χ3n) is 2.24. The quantitative estimate of drug-likeness (QED) is 0.848. The molecule has 0 aliphatic heterocycles. The lowest BCUT2D eigenvalue weighted by atomic mass is 10.2. The first-order chi connectivity index (χ1) is 8.30. The molecule has 0 atom stereocenters. The van der Waals surface area contributed by atoms with Gasteiger partial charge in [-0.05, 0) is 44.0 Å². The number of benzene rings is 1. The molecule has 0 aliphatic rings. The second kappa shape index (κ2) is 4.67. The minimum atomic E-state index is -3.41. The zero-order valence-electron chi connectivity index (χ0n) is 9.13. The number of phenols is 1. The van der Waals surface area contributed by atoms with Gasteiger partial charge in [-0.25, -0.2) is 17.4 Å². The van der Waals surface area contributed by atoms with Gasteiger partial charge in [0, 0.05) is 18.0 Å². The largest absolute Gasteiger partial charge is 0.506 e. The number of hydrogen-bond donors (Lipinski definition) is 1. The fourth-order valence-corrected chi connectivity index (χ4v) is 3.38. The molecular formula is C10H8Br2N2O3S. The van der Waals surface area contributed by atoms with E-state index in [-0.39, 0.29) is 5.75 Å². The van der Waals surface area contributed by atoms with Crippen molar-refractivity contribution in [1.82, 2.24) is 8.96 Å². The van der Waals surface area contributed by atoms with Crippen LogP contribution in [0.4, 0.5) is 0 Å². The molecule has 0 fully saturated rings. The summed E-state index contributed by atoms with van der Waals surface area (Å²) in [7, 11) is -3.41. The van der Waals surface area contributed by atoms with Crippen LogP contribution in [0.1, 0.15) is 0 Å². The molecule has 0 unspecified atom stereocenters. The Morgan fingerprint density at radius 2 is 1.83 bits per heavy atom. The van der Waals surface area contributed by atoms with E-state index in [1.807, 2.05) is 0 Å². The minimum absolute atomic E-state index is 0.0520. The number of aromatic nitrogens is 2. The van der Waals surface area contributed by atoms with Gasteiger partial charge in [-0.1, -0.05) is 0 Å². The van der Waals surface area contributed by atoms with Gasteiger partial charge in [0.2, 0.25) is 10.0 Å². The maximum absolute atomic E-state index is 11.6. The molecule has 0 bridgehead atoms. The Morgan fingerprint density at radius 3 is 2.33 bits per heavy atom. The van der Waals surface area contributed by atoms with Crippen LogP contribution in [0.2, 0.25) is 0 Å². The van der Waals surface area contributed by atoms with Gasteiger partial charge in [0.05, 0.1) is 15.2 Å². The third-order valence-corrected chi connectivity index (χ3v) is 4.46. The Kier molecular flexibility index (Phi) is 3.52. The van der Waals surface area contributed by atoms with E-state index in [0.29, 0.717) is 20.3 Å². The zero-order chi connectivity index (χ0) is 13.5. The molecule has 96 valence electrons.